The van der Waals surface area contributed by atoms with Crippen molar-refractivity contribution in [3.63, 3.8) is 0 Å². The molecule has 0 saturated heterocycles. The molecule has 0 fully saturated rings. The molecule has 0 bridgehead atoms. The van der Waals surface area contributed by atoms with E-state index in [9.17, 15) is 13.2 Å². The van der Waals surface area contributed by atoms with E-state index in [1.165, 1.54) is 11.7 Å². The number of imidazole rings is 1. The second kappa shape index (κ2) is 4.86. The second-order valence-electron chi connectivity index (χ2n) is 3.82. The summed E-state index contributed by atoms with van der Waals surface area (Å²) in [5.74, 6) is 0.386. The number of ether oxygens (including phenoxy) is 1. The molecule has 0 aliphatic carbocycles. The summed E-state index contributed by atoms with van der Waals surface area (Å²) in [6.07, 6.45) is -3.35. The summed E-state index contributed by atoms with van der Waals surface area (Å²) in [4.78, 5) is 3.62. The molecular formula is C10H15F3N2O. The quantitative estimate of drug-likeness (QED) is 0.803. The average Bonchev–Trinajstić information content (AvgIpc) is 2.57. The number of aromatic nitrogens is 2. The van der Waals surface area contributed by atoms with E-state index in [0.717, 1.165) is 6.20 Å². The maximum absolute atomic E-state index is 12.5. The summed E-state index contributed by atoms with van der Waals surface area (Å²) in [6, 6.07) is 0. The molecule has 3 nitrogen and oxygen atoms in total. The van der Waals surface area contributed by atoms with Gasteiger partial charge in [-0.25, -0.2) is 4.98 Å². The molecule has 92 valence electrons. The summed E-state index contributed by atoms with van der Waals surface area (Å²) < 4.78 is 43.7. The maximum atomic E-state index is 12.5. The zero-order valence-corrected chi connectivity index (χ0v) is 9.51. The van der Waals surface area contributed by atoms with Gasteiger partial charge < -0.3 is 9.30 Å². The first-order chi connectivity index (χ1) is 7.36. The summed E-state index contributed by atoms with van der Waals surface area (Å²) in [6.45, 7) is 4.37. The van der Waals surface area contributed by atoms with E-state index < -0.39 is 11.9 Å². The third-order valence-corrected chi connectivity index (χ3v) is 2.15. The highest BCUT2D eigenvalue weighted by molar-refractivity contribution is 5.10. The molecule has 1 rings (SSSR count). The van der Waals surface area contributed by atoms with Gasteiger partial charge in [-0.1, -0.05) is 13.8 Å². The number of hydrogen-bond donors (Lipinski definition) is 0. The monoisotopic (exact) mass is 236 g/mol. The molecule has 0 amide bonds. The van der Waals surface area contributed by atoms with Crippen LogP contribution in [0.2, 0.25) is 0 Å². The van der Waals surface area contributed by atoms with Gasteiger partial charge in [0.2, 0.25) is 0 Å². The summed E-state index contributed by atoms with van der Waals surface area (Å²) >= 11 is 0. The lowest BCUT2D eigenvalue weighted by Crippen LogP contribution is -2.08. The van der Waals surface area contributed by atoms with Crippen molar-refractivity contribution >= 4 is 0 Å². The fraction of sp³-hybridized carbons (Fsp3) is 0.700. The van der Waals surface area contributed by atoms with E-state index >= 15 is 0 Å². The van der Waals surface area contributed by atoms with Crippen molar-refractivity contribution in [3.8, 4) is 0 Å². The first-order valence-corrected chi connectivity index (χ1v) is 4.99. The van der Waals surface area contributed by atoms with Gasteiger partial charge in [0.05, 0.1) is 6.61 Å². The average molecular weight is 236 g/mol. The Morgan fingerprint density at radius 1 is 1.44 bits per heavy atom. The molecule has 0 aliphatic heterocycles. The van der Waals surface area contributed by atoms with Gasteiger partial charge in [-0.3, -0.25) is 0 Å². The molecule has 0 spiro atoms. The minimum Gasteiger partial charge on any atom is -0.383 e. The number of hydrogen-bond acceptors (Lipinski definition) is 2. The second-order valence-corrected chi connectivity index (χ2v) is 3.82. The summed E-state index contributed by atoms with van der Waals surface area (Å²) in [5, 5.41) is 0. The Balaban J connectivity index is 3.00. The van der Waals surface area contributed by atoms with Gasteiger partial charge in [0, 0.05) is 25.8 Å². The number of nitrogens with zero attached hydrogens (tertiary/aromatic N) is 2. The Bertz CT molecular complexity index is 344. The molecule has 16 heavy (non-hydrogen) atoms. The smallest absolute Gasteiger partial charge is 0.383 e. The van der Waals surface area contributed by atoms with Crippen molar-refractivity contribution in [1.82, 2.24) is 9.55 Å². The first kappa shape index (κ1) is 13.0. The lowest BCUT2D eigenvalue weighted by atomic mass is 10.2. The summed E-state index contributed by atoms with van der Waals surface area (Å²) in [7, 11) is 1.51. The highest BCUT2D eigenvalue weighted by Gasteiger charge is 2.34. The summed E-state index contributed by atoms with van der Waals surface area (Å²) in [5.41, 5.74) is -0.840. The minimum atomic E-state index is -4.39. The van der Waals surface area contributed by atoms with Gasteiger partial charge in [0.15, 0.2) is 5.69 Å². The normalized spacial score (nSPS) is 12.4. The standard InChI is InChI=1S/C10H15F3N2O/c1-7(2)9-14-8(10(11,12)13)6-15(9)4-5-16-3/h6-7H,4-5H2,1-3H3. The topological polar surface area (TPSA) is 27.1 Å². The van der Waals surface area contributed by atoms with E-state index in [4.69, 9.17) is 4.74 Å². The predicted octanol–water partition coefficient (Wildman–Crippen LogP) is 2.67. The maximum Gasteiger partial charge on any atom is 0.434 e. The van der Waals surface area contributed by atoms with Crippen molar-refractivity contribution in [2.24, 2.45) is 0 Å². The molecular weight excluding hydrogens is 221 g/mol. The van der Waals surface area contributed by atoms with Gasteiger partial charge in [-0.05, 0) is 0 Å². The van der Waals surface area contributed by atoms with Gasteiger partial charge in [-0.2, -0.15) is 13.2 Å². The third kappa shape index (κ3) is 2.98. The Morgan fingerprint density at radius 2 is 2.06 bits per heavy atom. The molecule has 0 N–H and O–H groups in total. The van der Waals surface area contributed by atoms with Crippen molar-refractivity contribution in [2.75, 3.05) is 13.7 Å². The highest BCUT2D eigenvalue weighted by Crippen LogP contribution is 2.29. The molecule has 0 aliphatic rings. The van der Waals surface area contributed by atoms with Crippen LogP contribution in [0.3, 0.4) is 0 Å². The Hall–Kier alpha value is -1.04. The molecule has 0 aromatic carbocycles. The SMILES string of the molecule is COCCn1cc(C(F)(F)F)nc1C(C)C. The Morgan fingerprint density at radius 3 is 2.50 bits per heavy atom. The van der Waals surface area contributed by atoms with Crippen LogP contribution in [0.4, 0.5) is 13.2 Å². The van der Waals surface area contributed by atoms with Crippen LogP contribution in [0.25, 0.3) is 0 Å². The van der Waals surface area contributed by atoms with Gasteiger partial charge >= 0.3 is 6.18 Å². The highest BCUT2D eigenvalue weighted by atomic mass is 19.4. The largest absolute Gasteiger partial charge is 0.434 e. The van der Waals surface area contributed by atoms with E-state index in [1.54, 1.807) is 0 Å². The molecule has 0 radical (unpaired) electrons. The van der Waals surface area contributed by atoms with Crippen LogP contribution < -0.4 is 0 Å². The fourth-order valence-corrected chi connectivity index (χ4v) is 1.40. The molecule has 6 heteroatoms. The number of rotatable bonds is 4. The van der Waals surface area contributed by atoms with Crippen LogP contribution in [0, 0.1) is 0 Å². The molecule has 0 saturated carbocycles. The van der Waals surface area contributed by atoms with Gasteiger partial charge in [0.25, 0.3) is 0 Å². The van der Waals surface area contributed by atoms with Crippen LogP contribution in [0.15, 0.2) is 6.20 Å². The molecule has 1 aromatic rings. The first-order valence-electron chi connectivity index (χ1n) is 4.99. The van der Waals surface area contributed by atoms with Crippen LogP contribution in [-0.2, 0) is 17.5 Å². The van der Waals surface area contributed by atoms with Crippen LogP contribution in [0.1, 0.15) is 31.3 Å². The van der Waals surface area contributed by atoms with E-state index in [0.29, 0.717) is 19.0 Å². The zero-order chi connectivity index (χ0) is 12.3. The lowest BCUT2D eigenvalue weighted by molar-refractivity contribution is -0.141. The van der Waals surface area contributed by atoms with E-state index in [-0.39, 0.29) is 5.92 Å². The Labute approximate surface area is 92.2 Å². The van der Waals surface area contributed by atoms with Crippen molar-refractivity contribution < 1.29 is 17.9 Å². The van der Waals surface area contributed by atoms with Crippen molar-refractivity contribution in [2.45, 2.75) is 32.5 Å². The van der Waals surface area contributed by atoms with Crippen LogP contribution in [-0.4, -0.2) is 23.3 Å². The minimum absolute atomic E-state index is 0.0482. The van der Waals surface area contributed by atoms with E-state index in [1.807, 2.05) is 13.8 Å². The van der Waals surface area contributed by atoms with Crippen LogP contribution >= 0.6 is 0 Å². The number of halogens is 3. The third-order valence-electron chi connectivity index (χ3n) is 2.15. The number of alkyl halides is 3. The van der Waals surface area contributed by atoms with Gasteiger partial charge in [-0.15, -0.1) is 0 Å². The molecule has 1 aromatic heterocycles. The van der Waals surface area contributed by atoms with Crippen LogP contribution in [0.5, 0.6) is 0 Å². The molecule has 1 heterocycles. The van der Waals surface area contributed by atoms with Crippen molar-refractivity contribution in [3.05, 3.63) is 17.7 Å². The van der Waals surface area contributed by atoms with Gasteiger partial charge in [0.1, 0.15) is 5.82 Å². The number of methoxy groups -OCH3 is 1. The fourth-order valence-electron chi connectivity index (χ4n) is 1.40. The zero-order valence-electron chi connectivity index (χ0n) is 9.51. The lowest BCUT2D eigenvalue weighted by Gasteiger charge is -2.08. The molecule has 0 unspecified atom stereocenters. The molecule has 0 atom stereocenters. The predicted molar refractivity (Wildman–Crippen MR) is 53.2 cm³/mol. The van der Waals surface area contributed by atoms with Crippen molar-refractivity contribution in [1.29, 1.82) is 0 Å². The Kier molecular flexibility index (Phi) is 3.96. The van der Waals surface area contributed by atoms with E-state index in [2.05, 4.69) is 4.98 Å².